The quantitative estimate of drug-likeness (QED) is 0.408. The maximum atomic E-state index is 4.26. The van der Waals surface area contributed by atoms with E-state index in [0.29, 0.717) is 6.04 Å². The number of rotatable bonds is 7. The molecule has 1 fully saturated rings. The van der Waals surface area contributed by atoms with E-state index in [2.05, 4.69) is 45.5 Å². The number of likely N-dealkylation sites (N-methyl/N-ethyl adjacent to an activating group) is 1. The molecule has 0 saturated carbocycles. The standard InChI is InChI=1S/C14H31N5S/c1-5-18-7-9-19(10-8-18)13(2)12-17-14(15-3)16-6-11-20-4/h13H,5-12H2,1-4H3,(H2,15,16,17). The highest BCUT2D eigenvalue weighted by molar-refractivity contribution is 7.98. The highest BCUT2D eigenvalue weighted by Gasteiger charge is 2.19. The van der Waals surface area contributed by atoms with Crippen molar-refractivity contribution in [1.29, 1.82) is 0 Å². The van der Waals surface area contributed by atoms with E-state index in [9.17, 15) is 0 Å². The number of aliphatic imine (C=N–C) groups is 1. The van der Waals surface area contributed by atoms with Crippen LogP contribution in [0.4, 0.5) is 0 Å². The average Bonchev–Trinajstić information content (AvgIpc) is 2.50. The zero-order chi connectivity index (χ0) is 14.8. The summed E-state index contributed by atoms with van der Waals surface area (Å²) in [5, 5.41) is 6.76. The summed E-state index contributed by atoms with van der Waals surface area (Å²) in [6.45, 7) is 12.4. The molecule has 0 amide bonds. The van der Waals surface area contributed by atoms with Crippen LogP contribution in [0.1, 0.15) is 13.8 Å². The van der Waals surface area contributed by atoms with Crippen molar-refractivity contribution in [3.05, 3.63) is 0 Å². The molecule has 1 rings (SSSR count). The summed E-state index contributed by atoms with van der Waals surface area (Å²) >= 11 is 1.85. The summed E-state index contributed by atoms with van der Waals surface area (Å²) in [5.41, 5.74) is 0. The van der Waals surface area contributed by atoms with E-state index >= 15 is 0 Å². The van der Waals surface area contributed by atoms with Gasteiger partial charge in [-0.2, -0.15) is 11.8 Å². The van der Waals surface area contributed by atoms with Crippen LogP contribution in [0.3, 0.4) is 0 Å². The largest absolute Gasteiger partial charge is 0.356 e. The molecule has 0 aromatic carbocycles. The van der Waals surface area contributed by atoms with E-state index in [-0.39, 0.29) is 0 Å². The molecule has 0 spiro atoms. The van der Waals surface area contributed by atoms with Gasteiger partial charge in [-0.25, -0.2) is 0 Å². The molecule has 1 saturated heterocycles. The van der Waals surface area contributed by atoms with Gasteiger partial charge in [0.15, 0.2) is 5.96 Å². The van der Waals surface area contributed by atoms with Crippen molar-refractivity contribution < 1.29 is 0 Å². The van der Waals surface area contributed by atoms with E-state index in [0.717, 1.165) is 24.8 Å². The van der Waals surface area contributed by atoms with Crippen LogP contribution in [-0.4, -0.2) is 86.7 Å². The van der Waals surface area contributed by atoms with Gasteiger partial charge in [-0.1, -0.05) is 6.92 Å². The first kappa shape index (κ1) is 17.6. The summed E-state index contributed by atoms with van der Waals surface area (Å²) in [5.74, 6) is 2.02. The van der Waals surface area contributed by atoms with Gasteiger partial charge in [0.1, 0.15) is 0 Å². The molecule has 0 aromatic rings. The van der Waals surface area contributed by atoms with Gasteiger partial charge >= 0.3 is 0 Å². The molecule has 1 heterocycles. The van der Waals surface area contributed by atoms with Crippen molar-refractivity contribution in [3.63, 3.8) is 0 Å². The number of hydrogen-bond acceptors (Lipinski definition) is 4. The van der Waals surface area contributed by atoms with Crippen LogP contribution in [0.25, 0.3) is 0 Å². The Bertz CT molecular complexity index is 277. The second kappa shape index (κ2) is 10.3. The Kier molecular flexibility index (Phi) is 9.05. The lowest BCUT2D eigenvalue weighted by molar-refractivity contribution is 0.107. The van der Waals surface area contributed by atoms with E-state index in [4.69, 9.17) is 0 Å². The summed E-state index contributed by atoms with van der Waals surface area (Å²) < 4.78 is 0. The summed E-state index contributed by atoms with van der Waals surface area (Å²) in [4.78, 5) is 9.34. The van der Waals surface area contributed by atoms with Crippen molar-refractivity contribution in [2.75, 3.05) is 64.9 Å². The third-order valence-electron chi connectivity index (χ3n) is 3.86. The molecule has 0 aromatic heterocycles. The fourth-order valence-electron chi connectivity index (χ4n) is 2.39. The fraction of sp³-hybridized carbons (Fsp3) is 0.929. The first-order chi connectivity index (χ1) is 9.71. The normalized spacial score (nSPS) is 19.9. The van der Waals surface area contributed by atoms with E-state index in [1.54, 1.807) is 0 Å². The first-order valence-corrected chi connectivity index (χ1v) is 9.00. The molecule has 6 heteroatoms. The highest BCUT2D eigenvalue weighted by Crippen LogP contribution is 2.05. The minimum Gasteiger partial charge on any atom is -0.356 e. The highest BCUT2D eigenvalue weighted by atomic mass is 32.2. The Morgan fingerprint density at radius 1 is 1.25 bits per heavy atom. The zero-order valence-electron chi connectivity index (χ0n) is 13.5. The van der Waals surface area contributed by atoms with Gasteiger partial charge < -0.3 is 15.5 Å². The van der Waals surface area contributed by atoms with Crippen LogP contribution >= 0.6 is 11.8 Å². The molecule has 1 aliphatic rings. The molecular weight excluding hydrogens is 270 g/mol. The number of piperazine rings is 1. The number of guanidine groups is 1. The molecule has 118 valence electrons. The van der Waals surface area contributed by atoms with Crippen LogP contribution in [0.5, 0.6) is 0 Å². The van der Waals surface area contributed by atoms with Crippen molar-refractivity contribution in [2.24, 2.45) is 4.99 Å². The molecule has 1 atom stereocenters. The van der Waals surface area contributed by atoms with Gasteiger partial charge in [-0.3, -0.25) is 9.89 Å². The Morgan fingerprint density at radius 2 is 1.95 bits per heavy atom. The SMILES string of the molecule is CCN1CCN(C(C)CNC(=NC)NCCSC)CC1. The molecule has 0 aliphatic carbocycles. The maximum absolute atomic E-state index is 4.26. The molecule has 5 nitrogen and oxygen atoms in total. The lowest BCUT2D eigenvalue weighted by Gasteiger charge is -2.37. The van der Waals surface area contributed by atoms with Gasteiger partial charge in [0.05, 0.1) is 0 Å². The van der Waals surface area contributed by atoms with Crippen LogP contribution in [0.2, 0.25) is 0 Å². The van der Waals surface area contributed by atoms with Crippen LogP contribution in [-0.2, 0) is 0 Å². The Morgan fingerprint density at radius 3 is 2.50 bits per heavy atom. The minimum atomic E-state index is 0.549. The molecule has 1 unspecified atom stereocenters. The lowest BCUT2D eigenvalue weighted by Crippen LogP contribution is -2.53. The van der Waals surface area contributed by atoms with Gasteiger partial charge in [0.25, 0.3) is 0 Å². The second-order valence-corrected chi connectivity index (χ2v) is 6.18. The van der Waals surface area contributed by atoms with Gasteiger partial charge in [-0.05, 0) is 19.7 Å². The molecule has 20 heavy (non-hydrogen) atoms. The maximum Gasteiger partial charge on any atom is 0.191 e. The van der Waals surface area contributed by atoms with Crippen LogP contribution < -0.4 is 10.6 Å². The van der Waals surface area contributed by atoms with E-state index in [1.807, 2.05) is 18.8 Å². The molecule has 1 aliphatic heterocycles. The van der Waals surface area contributed by atoms with Gasteiger partial charge in [0, 0.05) is 58.1 Å². The predicted octanol–water partition coefficient (Wildman–Crippen LogP) is 0.540. The van der Waals surface area contributed by atoms with Crippen LogP contribution in [0, 0.1) is 0 Å². The number of nitrogens with zero attached hydrogens (tertiary/aromatic N) is 3. The molecule has 0 bridgehead atoms. The third kappa shape index (κ3) is 6.33. The molecular formula is C14H31N5S. The summed E-state index contributed by atoms with van der Waals surface area (Å²) in [6, 6.07) is 0.549. The Balaban J connectivity index is 2.23. The molecule has 0 radical (unpaired) electrons. The number of thioether (sulfide) groups is 1. The number of nitrogens with one attached hydrogen (secondary N) is 2. The van der Waals surface area contributed by atoms with Crippen molar-refractivity contribution >= 4 is 17.7 Å². The zero-order valence-corrected chi connectivity index (χ0v) is 14.3. The monoisotopic (exact) mass is 301 g/mol. The summed E-state index contributed by atoms with van der Waals surface area (Å²) in [6.07, 6.45) is 2.12. The van der Waals surface area contributed by atoms with Crippen molar-refractivity contribution in [1.82, 2.24) is 20.4 Å². The third-order valence-corrected chi connectivity index (χ3v) is 4.48. The van der Waals surface area contributed by atoms with Gasteiger partial charge in [0.2, 0.25) is 0 Å². The second-order valence-electron chi connectivity index (χ2n) is 5.19. The Labute approximate surface area is 128 Å². The summed E-state index contributed by atoms with van der Waals surface area (Å²) in [7, 11) is 1.83. The van der Waals surface area contributed by atoms with E-state index < -0.39 is 0 Å². The van der Waals surface area contributed by atoms with Gasteiger partial charge in [-0.15, -0.1) is 0 Å². The fourth-order valence-corrected chi connectivity index (χ4v) is 2.69. The van der Waals surface area contributed by atoms with Crippen molar-refractivity contribution in [3.8, 4) is 0 Å². The average molecular weight is 302 g/mol. The number of hydrogen-bond donors (Lipinski definition) is 2. The van der Waals surface area contributed by atoms with Crippen molar-refractivity contribution in [2.45, 2.75) is 19.9 Å². The molecule has 2 N–H and O–H groups in total. The topological polar surface area (TPSA) is 42.9 Å². The smallest absolute Gasteiger partial charge is 0.191 e. The van der Waals surface area contributed by atoms with E-state index in [1.165, 1.54) is 32.7 Å². The lowest BCUT2D eigenvalue weighted by atomic mass is 10.2. The Hall–Kier alpha value is -0.460. The minimum absolute atomic E-state index is 0.549. The predicted molar refractivity (Wildman–Crippen MR) is 90.9 cm³/mol. The first-order valence-electron chi connectivity index (χ1n) is 7.61. The van der Waals surface area contributed by atoms with Crippen LogP contribution in [0.15, 0.2) is 4.99 Å².